The number of carbonyl (C=O) groups is 2. The Hall–Kier alpha value is -3.49. The Morgan fingerprint density at radius 3 is 2.31 bits per heavy atom. The Bertz CT molecular complexity index is 1010. The van der Waals surface area contributed by atoms with Crippen molar-refractivity contribution < 1.29 is 27.5 Å². The molecule has 1 heterocycles. The van der Waals surface area contributed by atoms with Crippen molar-refractivity contribution in [3.63, 3.8) is 0 Å². The SMILES string of the molecule is CC(=O)CCc1nc(-c2ccc(C=O)cc2)nn1-c1ccc(OC(F)(F)F)cc1. The lowest BCUT2D eigenvalue weighted by molar-refractivity contribution is -0.274. The van der Waals surface area contributed by atoms with Gasteiger partial charge in [-0.15, -0.1) is 18.3 Å². The van der Waals surface area contributed by atoms with E-state index in [1.807, 2.05) is 0 Å². The zero-order valence-electron chi connectivity index (χ0n) is 15.3. The third kappa shape index (κ3) is 5.28. The topological polar surface area (TPSA) is 74.1 Å². The smallest absolute Gasteiger partial charge is 0.406 e. The number of aryl methyl sites for hydroxylation is 1. The highest BCUT2D eigenvalue weighted by Crippen LogP contribution is 2.25. The molecule has 0 radical (unpaired) electrons. The van der Waals surface area contributed by atoms with Crippen molar-refractivity contribution in [2.45, 2.75) is 26.1 Å². The second-order valence-electron chi connectivity index (χ2n) is 6.25. The number of halogens is 3. The van der Waals surface area contributed by atoms with Crippen LogP contribution in [0.5, 0.6) is 5.75 Å². The molecule has 0 spiro atoms. The molecule has 6 nitrogen and oxygen atoms in total. The molecule has 0 N–H and O–H groups in total. The number of carbonyl (C=O) groups excluding carboxylic acids is 2. The molecule has 0 saturated carbocycles. The Morgan fingerprint density at radius 2 is 1.76 bits per heavy atom. The lowest BCUT2D eigenvalue weighted by atomic mass is 10.1. The van der Waals surface area contributed by atoms with Crippen LogP contribution in [0.1, 0.15) is 29.5 Å². The Labute approximate surface area is 163 Å². The summed E-state index contributed by atoms with van der Waals surface area (Å²) in [5.41, 5.74) is 1.64. The molecule has 2 aromatic carbocycles. The molecule has 9 heteroatoms. The van der Waals surface area contributed by atoms with Gasteiger partial charge in [0.1, 0.15) is 23.6 Å². The predicted molar refractivity (Wildman–Crippen MR) is 97.9 cm³/mol. The van der Waals surface area contributed by atoms with Crippen molar-refractivity contribution in [1.82, 2.24) is 14.8 Å². The van der Waals surface area contributed by atoms with Gasteiger partial charge in [-0.05, 0) is 31.2 Å². The summed E-state index contributed by atoms with van der Waals surface area (Å²) in [5.74, 6) is 0.484. The predicted octanol–water partition coefficient (Wildman–Crippen LogP) is 4.17. The van der Waals surface area contributed by atoms with Gasteiger partial charge in [0.25, 0.3) is 0 Å². The van der Waals surface area contributed by atoms with E-state index in [2.05, 4.69) is 14.8 Å². The van der Waals surface area contributed by atoms with Crippen LogP contribution in [-0.4, -0.2) is 33.2 Å². The standard InChI is InChI=1S/C20H16F3N3O3/c1-13(28)2-11-18-24-19(15-5-3-14(12-27)4-6-15)25-26(18)16-7-9-17(10-8-16)29-20(21,22)23/h3-10,12H,2,11H2,1H3. The van der Waals surface area contributed by atoms with Gasteiger partial charge in [-0.25, -0.2) is 9.67 Å². The van der Waals surface area contributed by atoms with Crippen LogP contribution in [0, 0.1) is 0 Å². The molecular formula is C20H16F3N3O3. The average molecular weight is 403 g/mol. The van der Waals surface area contributed by atoms with Gasteiger partial charge in [-0.3, -0.25) is 4.79 Å². The highest BCUT2D eigenvalue weighted by Gasteiger charge is 2.31. The molecule has 0 unspecified atom stereocenters. The van der Waals surface area contributed by atoms with Crippen LogP contribution in [0.25, 0.3) is 17.1 Å². The van der Waals surface area contributed by atoms with Gasteiger partial charge in [0.2, 0.25) is 0 Å². The first kappa shape index (κ1) is 20.2. The highest BCUT2D eigenvalue weighted by molar-refractivity contribution is 5.76. The van der Waals surface area contributed by atoms with E-state index in [0.717, 1.165) is 6.29 Å². The van der Waals surface area contributed by atoms with Gasteiger partial charge in [-0.1, -0.05) is 24.3 Å². The molecule has 29 heavy (non-hydrogen) atoms. The normalized spacial score (nSPS) is 11.3. The summed E-state index contributed by atoms with van der Waals surface area (Å²) in [6.45, 7) is 1.46. The third-order valence-electron chi connectivity index (χ3n) is 3.99. The monoisotopic (exact) mass is 403 g/mol. The average Bonchev–Trinajstić information content (AvgIpc) is 3.10. The van der Waals surface area contributed by atoms with Crippen LogP contribution in [0.2, 0.25) is 0 Å². The van der Waals surface area contributed by atoms with Gasteiger partial charge in [0.05, 0.1) is 5.69 Å². The fourth-order valence-corrected chi connectivity index (χ4v) is 2.62. The van der Waals surface area contributed by atoms with Crippen molar-refractivity contribution in [2.24, 2.45) is 0 Å². The minimum absolute atomic E-state index is 0.0228. The molecule has 0 fully saturated rings. The van der Waals surface area contributed by atoms with Gasteiger partial charge >= 0.3 is 6.36 Å². The number of hydrogen-bond acceptors (Lipinski definition) is 5. The van der Waals surface area contributed by atoms with Crippen LogP contribution in [-0.2, 0) is 11.2 Å². The highest BCUT2D eigenvalue weighted by atomic mass is 19.4. The van der Waals surface area contributed by atoms with Crippen LogP contribution >= 0.6 is 0 Å². The number of benzene rings is 2. The molecular weight excluding hydrogens is 387 g/mol. The second-order valence-corrected chi connectivity index (χ2v) is 6.25. The van der Waals surface area contributed by atoms with E-state index in [1.165, 1.54) is 35.9 Å². The zero-order valence-corrected chi connectivity index (χ0v) is 15.3. The van der Waals surface area contributed by atoms with E-state index < -0.39 is 6.36 Å². The number of aldehydes is 1. The number of rotatable bonds is 7. The van der Waals surface area contributed by atoms with Crippen LogP contribution in [0.3, 0.4) is 0 Å². The molecule has 0 atom stereocenters. The number of Topliss-reactive ketones (excluding diaryl/α,β-unsaturated/α-hetero) is 1. The number of ketones is 1. The van der Waals surface area contributed by atoms with Crippen molar-refractivity contribution >= 4 is 12.1 Å². The maximum atomic E-state index is 12.3. The fourth-order valence-electron chi connectivity index (χ4n) is 2.62. The minimum Gasteiger partial charge on any atom is -0.406 e. The van der Waals surface area contributed by atoms with E-state index >= 15 is 0 Å². The summed E-state index contributed by atoms with van der Waals surface area (Å²) in [6.07, 6.45) is -3.49. The van der Waals surface area contributed by atoms with Crippen LogP contribution in [0.15, 0.2) is 48.5 Å². The lowest BCUT2D eigenvalue weighted by Gasteiger charge is -2.10. The van der Waals surface area contributed by atoms with E-state index in [-0.39, 0.29) is 18.0 Å². The van der Waals surface area contributed by atoms with Gasteiger partial charge in [0.15, 0.2) is 5.82 Å². The van der Waals surface area contributed by atoms with Crippen LogP contribution in [0.4, 0.5) is 13.2 Å². The first-order valence-electron chi connectivity index (χ1n) is 8.62. The number of ether oxygens (including phenoxy) is 1. The Balaban J connectivity index is 1.95. The molecule has 0 aliphatic carbocycles. The first-order valence-corrected chi connectivity index (χ1v) is 8.62. The maximum absolute atomic E-state index is 12.3. The molecule has 0 bridgehead atoms. The van der Waals surface area contributed by atoms with Crippen molar-refractivity contribution in [2.75, 3.05) is 0 Å². The largest absolute Gasteiger partial charge is 0.573 e. The second kappa shape index (κ2) is 8.26. The maximum Gasteiger partial charge on any atom is 0.573 e. The molecule has 0 saturated heterocycles. The van der Waals surface area contributed by atoms with E-state index in [1.54, 1.807) is 24.3 Å². The summed E-state index contributed by atoms with van der Waals surface area (Å²) in [4.78, 5) is 26.7. The van der Waals surface area contributed by atoms with Crippen molar-refractivity contribution in [1.29, 1.82) is 0 Å². The molecule has 1 aromatic heterocycles. The molecule has 0 amide bonds. The van der Waals surface area contributed by atoms with Gasteiger partial charge in [0, 0.05) is 24.0 Å². The summed E-state index contributed by atoms with van der Waals surface area (Å²) >= 11 is 0. The molecule has 3 rings (SSSR count). The van der Waals surface area contributed by atoms with E-state index in [9.17, 15) is 22.8 Å². The Kier molecular flexibility index (Phi) is 5.76. The fraction of sp³-hybridized carbons (Fsp3) is 0.200. The van der Waals surface area contributed by atoms with Crippen molar-refractivity contribution in [3.05, 3.63) is 59.9 Å². The summed E-state index contributed by atoms with van der Waals surface area (Å²) in [5, 5.41) is 4.43. The first-order chi connectivity index (χ1) is 13.7. The number of alkyl halides is 3. The van der Waals surface area contributed by atoms with E-state index in [0.29, 0.717) is 34.9 Å². The quantitative estimate of drug-likeness (QED) is 0.554. The number of hydrogen-bond donors (Lipinski definition) is 0. The molecule has 0 aliphatic heterocycles. The summed E-state index contributed by atoms with van der Waals surface area (Å²) in [7, 11) is 0. The lowest BCUT2D eigenvalue weighted by Crippen LogP contribution is -2.17. The molecule has 150 valence electrons. The zero-order chi connectivity index (χ0) is 21.0. The van der Waals surface area contributed by atoms with E-state index in [4.69, 9.17) is 0 Å². The minimum atomic E-state index is -4.78. The molecule has 0 aliphatic rings. The molecule has 3 aromatic rings. The van der Waals surface area contributed by atoms with Gasteiger partial charge < -0.3 is 9.53 Å². The number of nitrogens with zero attached hydrogens (tertiary/aromatic N) is 3. The Morgan fingerprint density at radius 1 is 1.10 bits per heavy atom. The summed E-state index contributed by atoms with van der Waals surface area (Å²) < 4.78 is 42.4. The number of aromatic nitrogens is 3. The van der Waals surface area contributed by atoms with Gasteiger partial charge in [-0.2, -0.15) is 0 Å². The summed E-state index contributed by atoms with van der Waals surface area (Å²) in [6, 6.07) is 11.8. The van der Waals surface area contributed by atoms with Crippen LogP contribution < -0.4 is 4.74 Å². The third-order valence-corrected chi connectivity index (χ3v) is 3.99. The van der Waals surface area contributed by atoms with Crippen molar-refractivity contribution in [3.8, 4) is 22.8 Å².